The number of aryl methyl sites for hydroxylation is 1. The molecule has 0 spiro atoms. The van der Waals surface area contributed by atoms with Crippen LogP contribution in [0.3, 0.4) is 0 Å². The van der Waals surface area contributed by atoms with E-state index >= 15 is 4.39 Å². The van der Waals surface area contributed by atoms with Gasteiger partial charge in [0.2, 0.25) is 11.6 Å². The molecule has 2 amide bonds. The number of rotatable bonds is 9. The highest BCUT2D eigenvalue weighted by Gasteiger charge is 2.27. The molecule has 12 heteroatoms. The average Bonchev–Trinajstić information content (AvgIpc) is 3.36. The number of anilines is 1. The normalized spacial score (nSPS) is 14.5. The number of halogens is 1. The molecule has 4 aromatic rings. The van der Waals surface area contributed by atoms with Gasteiger partial charge in [0.1, 0.15) is 11.6 Å². The Morgan fingerprint density at radius 2 is 1.67 bits per heavy atom. The molecule has 1 fully saturated rings. The number of likely N-dealkylation sites (N-methyl/N-ethyl adjacent to an activating group) is 1. The number of methoxy groups -OCH3 is 1. The first-order valence-electron chi connectivity index (χ1n) is 14.9. The van der Waals surface area contributed by atoms with E-state index in [0.717, 1.165) is 43.5 Å². The van der Waals surface area contributed by atoms with Crippen LogP contribution in [0.25, 0.3) is 22.3 Å². The first-order valence-corrected chi connectivity index (χ1v) is 14.9. The molecular weight excluding hydrogens is 591 g/mol. The lowest BCUT2D eigenvalue weighted by atomic mass is 9.90. The Labute approximate surface area is 265 Å². The second kappa shape index (κ2) is 13.1. The van der Waals surface area contributed by atoms with E-state index in [1.165, 1.54) is 27.3 Å². The summed E-state index contributed by atoms with van der Waals surface area (Å²) in [5.74, 6) is -0.596. The van der Waals surface area contributed by atoms with Crippen LogP contribution < -0.4 is 26.6 Å². The van der Waals surface area contributed by atoms with Gasteiger partial charge in [0.15, 0.2) is 0 Å². The molecule has 240 valence electrons. The summed E-state index contributed by atoms with van der Waals surface area (Å²) in [5.41, 5.74) is 3.88. The molecule has 3 aromatic carbocycles. The fraction of sp³-hybridized carbons (Fsp3) is 0.324. The minimum absolute atomic E-state index is 0.0825. The van der Waals surface area contributed by atoms with Crippen LogP contribution in [0.5, 0.6) is 5.75 Å². The molecule has 0 aliphatic carbocycles. The van der Waals surface area contributed by atoms with Crippen LogP contribution in [0.15, 0.2) is 58.1 Å². The van der Waals surface area contributed by atoms with Gasteiger partial charge < -0.3 is 20.3 Å². The van der Waals surface area contributed by atoms with Crippen LogP contribution >= 0.6 is 0 Å². The minimum atomic E-state index is -0.791. The summed E-state index contributed by atoms with van der Waals surface area (Å²) >= 11 is 0. The zero-order valence-corrected chi connectivity index (χ0v) is 26.7. The second-order valence-electron chi connectivity index (χ2n) is 11.5. The number of carbonyl (C=O) groups excluding carboxylic acids is 2. The van der Waals surface area contributed by atoms with Crippen molar-refractivity contribution in [3.05, 3.63) is 97.6 Å². The molecule has 1 atom stereocenters. The summed E-state index contributed by atoms with van der Waals surface area (Å²) in [6, 6.07) is 14.6. The first-order chi connectivity index (χ1) is 21.9. The number of amides is 2. The molecule has 1 aromatic heterocycles. The molecule has 1 aliphatic rings. The summed E-state index contributed by atoms with van der Waals surface area (Å²) in [6.07, 6.45) is 1.30. The Kier molecular flexibility index (Phi) is 9.19. The van der Waals surface area contributed by atoms with Crippen LogP contribution in [0.4, 0.5) is 10.1 Å². The quantitative estimate of drug-likeness (QED) is 0.290. The fourth-order valence-corrected chi connectivity index (χ4v) is 5.91. The molecule has 2 N–H and O–H groups in total. The van der Waals surface area contributed by atoms with Gasteiger partial charge in [-0.25, -0.2) is 13.9 Å². The summed E-state index contributed by atoms with van der Waals surface area (Å²) < 4.78 is 23.0. The maximum atomic E-state index is 15.6. The number of nitrogens with zero attached hydrogens (tertiary/aromatic N) is 4. The number of hydrogen-bond acceptors (Lipinski definition) is 7. The highest BCUT2D eigenvalue weighted by molar-refractivity contribution is 6.03. The van der Waals surface area contributed by atoms with Gasteiger partial charge in [-0.05, 0) is 71.8 Å². The molecule has 0 bridgehead atoms. The molecule has 0 unspecified atom stereocenters. The maximum absolute atomic E-state index is 15.6. The van der Waals surface area contributed by atoms with Gasteiger partial charge in [-0.3, -0.25) is 19.0 Å². The van der Waals surface area contributed by atoms with Gasteiger partial charge in [0.25, 0.3) is 11.5 Å². The van der Waals surface area contributed by atoms with Crippen molar-refractivity contribution in [3.8, 4) is 28.0 Å². The first kappa shape index (κ1) is 32.3. The highest BCUT2D eigenvalue weighted by atomic mass is 19.1. The Balaban J connectivity index is 1.42. The van der Waals surface area contributed by atoms with Crippen molar-refractivity contribution in [1.29, 1.82) is 0 Å². The molecule has 0 radical (unpaired) electrons. The lowest BCUT2D eigenvalue weighted by Crippen LogP contribution is -2.43. The van der Waals surface area contributed by atoms with E-state index in [9.17, 15) is 19.2 Å². The zero-order valence-electron chi connectivity index (χ0n) is 26.7. The topological polar surface area (TPSA) is 128 Å². The molecular formula is C34H37FN6O5. The minimum Gasteiger partial charge on any atom is -0.496 e. The molecule has 0 saturated carbocycles. The van der Waals surface area contributed by atoms with Crippen LogP contribution in [0.2, 0.25) is 0 Å². The predicted molar refractivity (Wildman–Crippen MR) is 173 cm³/mol. The van der Waals surface area contributed by atoms with Crippen LogP contribution in [-0.2, 0) is 25.4 Å². The van der Waals surface area contributed by atoms with Gasteiger partial charge in [-0.2, -0.15) is 5.10 Å². The number of aromatic nitrogens is 3. The molecule has 1 saturated heterocycles. The smallest absolute Gasteiger partial charge is 0.346 e. The van der Waals surface area contributed by atoms with Crippen LogP contribution in [-0.4, -0.2) is 57.8 Å². The third-order valence-corrected chi connectivity index (χ3v) is 8.74. The van der Waals surface area contributed by atoms with Crippen molar-refractivity contribution >= 4 is 17.5 Å². The fourth-order valence-electron chi connectivity index (χ4n) is 5.91. The van der Waals surface area contributed by atoms with Crippen molar-refractivity contribution in [3.63, 3.8) is 0 Å². The third kappa shape index (κ3) is 6.08. The summed E-state index contributed by atoms with van der Waals surface area (Å²) in [5, 5.41) is 9.91. The van der Waals surface area contributed by atoms with E-state index in [0.29, 0.717) is 35.5 Å². The lowest BCUT2D eigenvalue weighted by molar-refractivity contribution is -0.127. The molecule has 1 aliphatic heterocycles. The maximum Gasteiger partial charge on any atom is 0.346 e. The van der Waals surface area contributed by atoms with Crippen LogP contribution in [0.1, 0.15) is 40.0 Å². The number of likely N-dealkylation sites (tertiary alicyclic amines) is 1. The number of ether oxygens (including phenoxy) is 1. The van der Waals surface area contributed by atoms with Gasteiger partial charge >= 0.3 is 5.69 Å². The monoisotopic (exact) mass is 628 g/mol. The number of nitrogens with one attached hydrogen (secondary N) is 2. The van der Waals surface area contributed by atoms with E-state index in [1.807, 2.05) is 44.2 Å². The highest BCUT2D eigenvalue weighted by Crippen LogP contribution is 2.37. The molecule has 11 nitrogen and oxygen atoms in total. The predicted octanol–water partition coefficient (Wildman–Crippen LogP) is 3.54. The third-order valence-electron chi connectivity index (χ3n) is 8.74. The van der Waals surface area contributed by atoms with Gasteiger partial charge in [-0.1, -0.05) is 30.3 Å². The Bertz CT molecular complexity index is 1970. The summed E-state index contributed by atoms with van der Waals surface area (Å²) in [7, 11) is 5.96. The Morgan fingerprint density at radius 3 is 2.35 bits per heavy atom. The average molecular weight is 629 g/mol. The van der Waals surface area contributed by atoms with Crippen LogP contribution in [0, 0.1) is 19.7 Å². The molecule has 46 heavy (non-hydrogen) atoms. The van der Waals surface area contributed by atoms with Gasteiger partial charge in [-0.15, -0.1) is 0 Å². The van der Waals surface area contributed by atoms with Crippen molar-refractivity contribution in [2.75, 3.05) is 26.0 Å². The number of hydrogen-bond donors (Lipinski definition) is 2. The zero-order chi connectivity index (χ0) is 33.3. The number of carbonyl (C=O) groups is 2. The van der Waals surface area contributed by atoms with Crippen molar-refractivity contribution in [1.82, 2.24) is 24.6 Å². The Hall–Kier alpha value is -5.10. The van der Waals surface area contributed by atoms with Crippen molar-refractivity contribution in [2.24, 2.45) is 14.1 Å². The van der Waals surface area contributed by atoms with E-state index in [-0.39, 0.29) is 18.5 Å². The largest absolute Gasteiger partial charge is 0.496 e. The van der Waals surface area contributed by atoms with E-state index in [1.54, 1.807) is 24.1 Å². The summed E-state index contributed by atoms with van der Waals surface area (Å²) in [6.45, 7) is 4.62. The Morgan fingerprint density at radius 1 is 1.00 bits per heavy atom. The van der Waals surface area contributed by atoms with Crippen molar-refractivity contribution in [2.45, 2.75) is 39.3 Å². The van der Waals surface area contributed by atoms with Gasteiger partial charge in [0, 0.05) is 57.9 Å². The van der Waals surface area contributed by atoms with E-state index in [4.69, 9.17) is 4.74 Å². The summed E-state index contributed by atoms with van der Waals surface area (Å²) in [4.78, 5) is 51.2. The number of benzene rings is 3. The van der Waals surface area contributed by atoms with Crippen molar-refractivity contribution < 1.29 is 18.7 Å². The van der Waals surface area contributed by atoms with E-state index in [2.05, 4.69) is 15.7 Å². The SMILES string of the molecule is COc1cc(-c2cccc(-c3cccc(NC(=O)c4nn(C)c(=O)n(C)c4=O)c3C)c2C)cc(F)c1CNC[C@@H]1CCC(=O)N1C. The molecule has 2 heterocycles. The van der Waals surface area contributed by atoms with Gasteiger partial charge in [0.05, 0.1) is 7.11 Å². The lowest BCUT2D eigenvalue weighted by Gasteiger charge is -2.21. The second-order valence-corrected chi connectivity index (χ2v) is 11.5. The van der Waals surface area contributed by atoms with E-state index < -0.39 is 28.7 Å². The standard InChI is InChI=1S/C34H37FN6O5/c1-19-23(21-15-27(35)26(29(16-21)46-6)18-36-17-22-13-14-30(42)39(22)3)9-7-10-24(19)25-11-8-12-28(20(25)2)37-32(43)31-33(44)40(4)34(45)41(5)38-31/h7-12,15-16,22,36H,13-14,17-18H2,1-6H3,(H,37,43)/t22-/m0/s1. The molecule has 5 rings (SSSR count).